The Morgan fingerprint density at radius 1 is 1.41 bits per heavy atom. The van der Waals surface area contributed by atoms with Gasteiger partial charge in [-0.25, -0.2) is 5.48 Å². The molecule has 1 aromatic heterocycles. The molecule has 0 unspecified atom stereocenters. The van der Waals surface area contributed by atoms with Crippen molar-refractivity contribution in [1.82, 2.24) is 5.48 Å². The maximum Gasteiger partial charge on any atom is 0.284 e. The van der Waals surface area contributed by atoms with Crippen LogP contribution in [0.25, 0.3) is 0 Å². The van der Waals surface area contributed by atoms with Gasteiger partial charge in [0.2, 0.25) is 0 Å². The van der Waals surface area contributed by atoms with Crippen molar-refractivity contribution in [2.75, 3.05) is 20.3 Å². The minimum absolute atomic E-state index is 0.152. The van der Waals surface area contributed by atoms with E-state index in [1.807, 2.05) is 6.07 Å². The largest absolute Gasteiger partial charge is 0.382 e. The molecule has 1 N–H and O–H groups in total. The standard InChI is InChI=1S/C12H17NO3S/c1-15-6-7-16-13-12(14)11-8-9-4-2-3-5-10(9)17-11/h8H,2-7H2,1H3,(H,13,14). The van der Waals surface area contributed by atoms with Gasteiger partial charge in [-0.2, -0.15) is 0 Å². The van der Waals surface area contributed by atoms with Gasteiger partial charge in [-0.3, -0.25) is 9.63 Å². The molecule has 0 atom stereocenters. The summed E-state index contributed by atoms with van der Waals surface area (Å²) in [5.74, 6) is -0.152. The number of amides is 1. The quantitative estimate of drug-likeness (QED) is 0.646. The average molecular weight is 255 g/mol. The molecule has 2 rings (SSSR count). The first-order valence-corrected chi connectivity index (χ1v) is 6.65. The molecule has 0 bridgehead atoms. The number of thiophene rings is 1. The van der Waals surface area contributed by atoms with Crippen molar-refractivity contribution < 1.29 is 14.4 Å². The van der Waals surface area contributed by atoms with Crippen LogP contribution in [0.2, 0.25) is 0 Å². The van der Waals surface area contributed by atoms with Crippen molar-refractivity contribution in [3.05, 3.63) is 21.4 Å². The summed E-state index contributed by atoms with van der Waals surface area (Å²) in [7, 11) is 1.60. The first-order valence-electron chi connectivity index (χ1n) is 5.84. The summed E-state index contributed by atoms with van der Waals surface area (Å²) in [6.07, 6.45) is 4.68. The molecule has 1 aliphatic carbocycles. The SMILES string of the molecule is COCCONC(=O)c1cc2c(s1)CCCC2. The van der Waals surface area contributed by atoms with E-state index in [1.165, 1.54) is 23.3 Å². The Morgan fingerprint density at radius 2 is 2.24 bits per heavy atom. The number of hydrogen-bond acceptors (Lipinski definition) is 4. The Labute approximate surface area is 105 Å². The monoisotopic (exact) mass is 255 g/mol. The van der Waals surface area contributed by atoms with Crippen molar-refractivity contribution in [2.24, 2.45) is 0 Å². The molecule has 5 heteroatoms. The normalized spacial score (nSPS) is 14.4. The van der Waals surface area contributed by atoms with E-state index in [0.717, 1.165) is 17.7 Å². The Bertz CT molecular complexity index is 366. The first kappa shape index (κ1) is 12.5. The summed E-state index contributed by atoms with van der Waals surface area (Å²) in [5, 5.41) is 0. The van der Waals surface area contributed by atoms with Gasteiger partial charge in [0.05, 0.1) is 18.1 Å². The lowest BCUT2D eigenvalue weighted by atomic mass is 9.99. The Balaban J connectivity index is 1.88. The average Bonchev–Trinajstić information content (AvgIpc) is 2.78. The summed E-state index contributed by atoms with van der Waals surface area (Å²) in [6, 6.07) is 1.99. The van der Waals surface area contributed by atoms with E-state index in [-0.39, 0.29) is 5.91 Å². The van der Waals surface area contributed by atoms with Crippen LogP contribution in [0.4, 0.5) is 0 Å². The highest BCUT2D eigenvalue weighted by Gasteiger charge is 2.17. The minimum atomic E-state index is -0.152. The Morgan fingerprint density at radius 3 is 3.00 bits per heavy atom. The second-order valence-electron chi connectivity index (χ2n) is 4.04. The number of methoxy groups -OCH3 is 1. The molecule has 0 fully saturated rings. The molecular weight excluding hydrogens is 238 g/mol. The molecule has 0 radical (unpaired) electrons. The zero-order valence-corrected chi connectivity index (χ0v) is 10.8. The van der Waals surface area contributed by atoms with Gasteiger partial charge in [0.25, 0.3) is 5.91 Å². The highest BCUT2D eigenvalue weighted by molar-refractivity contribution is 7.14. The first-order chi connectivity index (χ1) is 8.31. The van der Waals surface area contributed by atoms with Crippen LogP contribution in [-0.4, -0.2) is 26.2 Å². The number of hydrogen-bond donors (Lipinski definition) is 1. The lowest BCUT2D eigenvalue weighted by Crippen LogP contribution is -2.24. The van der Waals surface area contributed by atoms with E-state index in [0.29, 0.717) is 13.2 Å². The minimum Gasteiger partial charge on any atom is -0.382 e. The molecule has 0 aromatic carbocycles. The lowest BCUT2D eigenvalue weighted by molar-refractivity contribution is 0.00914. The molecular formula is C12H17NO3S. The third-order valence-electron chi connectivity index (χ3n) is 2.77. The molecule has 1 aliphatic rings. The predicted octanol–water partition coefficient (Wildman–Crippen LogP) is 1.93. The molecule has 1 heterocycles. The Kier molecular flexibility index (Phi) is 4.53. The number of nitrogens with one attached hydrogen (secondary N) is 1. The van der Waals surface area contributed by atoms with E-state index in [9.17, 15) is 4.79 Å². The van der Waals surface area contributed by atoms with Crippen LogP contribution in [0.3, 0.4) is 0 Å². The maximum absolute atomic E-state index is 11.8. The lowest BCUT2D eigenvalue weighted by Gasteiger charge is -2.08. The molecule has 0 saturated carbocycles. The molecule has 17 heavy (non-hydrogen) atoms. The summed E-state index contributed by atoms with van der Waals surface area (Å²) < 4.78 is 4.82. The molecule has 1 amide bonds. The molecule has 1 aromatic rings. The van der Waals surface area contributed by atoms with E-state index < -0.39 is 0 Å². The second kappa shape index (κ2) is 6.14. The fourth-order valence-electron chi connectivity index (χ4n) is 1.89. The summed E-state index contributed by atoms with van der Waals surface area (Å²) in [5.41, 5.74) is 3.77. The van der Waals surface area contributed by atoms with Crippen LogP contribution >= 0.6 is 11.3 Å². The predicted molar refractivity (Wildman–Crippen MR) is 66.3 cm³/mol. The number of aryl methyl sites for hydroxylation is 2. The summed E-state index contributed by atoms with van der Waals surface area (Å²) >= 11 is 1.58. The van der Waals surface area contributed by atoms with Crippen LogP contribution < -0.4 is 5.48 Å². The highest BCUT2D eigenvalue weighted by atomic mass is 32.1. The summed E-state index contributed by atoms with van der Waals surface area (Å²) in [4.78, 5) is 18.9. The van der Waals surface area contributed by atoms with Gasteiger partial charge in [-0.05, 0) is 37.3 Å². The van der Waals surface area contributed by atoms with Gasteiger partial charge < -0.3 is 4.74 Å². The fourth-order valence-corrected chi connectivity index (χ4v) is 3.03. The van der Waals surface area contributed by atoms with Gasteiger partial charge in [0.1, 0.15) is 0 Å². The van der Waals surface area contributed by atoms with Crippen molar-refractivity contribution in [1.29, 1.82) is 0 Å². The van der Waals surface area contributed by atoms with Crippen LogP contribution in [0, 0.1) is 0 Å². The number of ether oxygens (including phenoxy) is 1. The van der Waals surface area contributed by atoms with Gasteiger partial charge >= 0.3 is 0 Å². The third kappa shape index (κ3) is 3.28. The van der Waals surface area contributed by atoms with Crippen molar-refractivity contribution in [3.63, 3.8) is 0 Å². The van der Waals surface area contributed by atoms with Gasteiger partial charge in [-0.1, -0.05) is 0 Å². The van der Waals surface area contributed by atoms with Crippen molar-refractivity contribution in [2.45, 2.75) is 25.7 Å². The van der Waals surface area contributed by atoms with Gasteiger partial charge in [-0.15, -0.1) is 11.3 Å². The van der Waals surface area contributed by atoms with E-state index in [1.54, 1.807) is 18.4 Å². The van der Waals surface area contributed by atoms with Gasteiger partial charge in [0.15, 0.2) is 0 Å². The number of carbonyl (C=O) groups is 1. The number of rotatable bonds is 5. The van der Waals surface area contributed by atoms with Gasteiger partial charge in [0, 0.05) is 12.0 Å². The number of carbonyl (C=O) groups excluding carboxylic acids is 1. The van der Waals surface area contributed by atoms with E-state index in [2.05, 4.69) is 5.48 Å². The number of fused-ring (bicyclic) bond motifs is 1. The van der Waals surface area contributed by atoms with Crippen molar-refractivity contribution >= 4 is 17.2 Å². The van der Waals surface area contributed by atoms with Crippen LogP contribution in [-0.2, 0) is 22.4 Å². The van der Waals surface area contributed by atoms with Crippen LogP contribution in [0.1, 0.15) is 33.0 Å². The smallest absolute Gasteiger partial charge is 0.284 e. The van der Waals surface area contributed by atoms with E-state index >= 15 is 0 Å². The topological polar surface area (TPSA) is 47.6 Å². The second-order valence-corrected chi connectivity index (χ2v) is 5.18. The maximum atomic E-state index is 11.8. The molecule has 4 nitrogen and oxygen atoms in total. The summed E-state index contributed by atoms with van der Waals surface area (Å²) in [6.45, 7) is 0.842. The zero-order valence-electron chi connectivity index (χ0n) is 9.95. The molecule has 0 spiro atoms. The molecule has 0 saturated heterocycles. The zero-order chi connectivity index (χ0) is 12.1. The van der Waals surface area contributed by atoms with E-state index in [4.69, 9.17) is 9.57 Å². The molecule has 94 valence electrons. The van der Waals surface area contributed by atoms with Crippen LogP contribution in [0.15, 0.2) is 6.07 Å². The number of hydroxylamine groups is 1. The van der Waals surface area contributed by atoms with Crippen molar-refractivity contribution in [3.8, 4) is 0 Å². The Hall–Kier alpha value is -0.910. The highest BCUT2D eigenvalue weighted by Crippen LogP contribution is 2.29. The third-order valence-corrected chi connectivity index (χ3v) is 4.01. The van der Waals surface area contributed by atoms with Crippen LogP contribution in [0.5, 0.6) is 0 Å². The molecule has 0 aliphatic heterocycles. The fraction of sp³-hybridized carbons (Fsp3) is 0.583.